The number of carbonyl (C=O) groups excluding carboxylic acids is 2. The predicted octanol–water partition coefficient (Wildman–Crippen LogP) is 8.72. The van der Waals surface area contributed by atoms with E-state index < -0.39 is 49.4 Å². The van der Waals surface area contributed by atoms with E-state index in [1.807, 2.05) is 0 Å². The van der Waals surface area contributed by atoms with Gasteiger partial charge < -0.3 is 39.4 Å². The van der Waals surface area contributed by atoms with E-state index in [1.54, 1.807) is 0 Å². The van der Waals surface area contributed by atoms with Gasteiger partial charge in [-0.2, -0.15) is 0 Å². The number of esters is 2. The molecule has 4 N–H and O–H groups in total. The predicted molar refractivity (Wildman–Crippen MR) is 215 cm³/mol. The molecule has 0 aromatic carbocycles. The molecular weight excluding hydrogens is 688 g/mol. The summed E-state index contributed by atoms with van der Waals surface area (Å²) in [6.45, 7) is 3.29. The number of unbranched alkanes of at least 4 members (excludes halogenated alkanes) is 18. The van der Waals surface area contributed by atoms with E-state index >= 15 is 0 Å². The van der Waals surface area contributed by atoms with Gasteiger partial charge in [-0.3, -0.25) is 9.59 Å². The van der Waals surface area contributed by atoms with Gasteiger partial charge in [0.1, 0.15) is 31.0 Å². The van der Waals surface area contributed by atoms with Crippen LogP contribution in [-0.2, 0) is 28.5 Å². The smallest absolute Gasteiger partial charge is 0.306 e. The normalized spacial score (nSPS) is 21.0. The second kappa shape index (κ2) is 35.3. The summed E-state index contributed by atoms with van der Waals surface area (Å²) in [6.07, 6.45) is 31.5. The van der Waals surface area contributed by atoms with Crippen molar-refractivity contribution in [3.05, 3.63) is 36.5 Å². The molecule has 0 bridgehead atoms. The van der Waals surface area contributed by atoms with E-state index in [0.29, 0.717) is 6.42 Å². The van der Waals surface area contributed by atoms with Crippen molar-refractivity contribution in [1.82, 2.24) is 0 Å². The van der Waals surface area contributed by atoms with Crippen molar-refractivity contribution in [2.24, 2.45) is 0 Å². The molecule has 10 nitrogen and oxygen atoms in total. The third kappa shape index (κ3) is 26.7. The summed E-state index contributed by atoms with van der Waals surface area (Å²) in [7, 11) is 0. The van der Waals surface area contributed by atoms with Crippen molar-refractivity contribution in [1.29, 1.82) is 0 Å². The Morgan fingerprint density at radius 2 is 1.09 bits per heavy atom. The highest BCUT2D eigenvalue weighted by Gasteiger charge is 2.44. The molecule has 54 heavy (non-hydrogen) atoms. The lowest BCUT2D eigenvalue weighted by atomic mass is 9.99. The van der Waals surface area contributed by atoms with Crippen molar-refractivity contribution >= 4 is 11.9 Å². The fourth-order valence-corrected chi connectivity index (χ4v) is 6.38. The van der Waals surface area contributed by atoms with Crippen LogP contribution in [0.4, 0.5) is 0 Å². The van der Waals surface area contributed by atoms with Gasteiger partial charge in [-0.1, -0.05) is 153 Å². The van der Waals surface area contributed by atoms with Gasteiger partial charge in [0.25, 0.3) is 0 Å². The molecule has 0 amide bonds. The second-order valence-corrected chi connectivity index (χ2v) is 14.8. The molecule has 1 fully saturated rings. The largest absolute Gasteiger partial charge is 0.462 e. The van der Waals surface area contributed by atoms with E-state index in [9.17, 15) is 30.0 Å². The molecule has 1 aliphatic rings. The van der Waals surface area contributed by atoms with E-state index in [1.165, 1.54) is 70.6 Å². The van der Waals surface area contributed by atoms with Gasteiger partial charge in [-0.25, -0.2) is 0 Å². The zero-order valence-corrected chi connectivity index (χ0v) is 34.0. The van der Waals surface area contributed by atoms with Gasteiger partial charge in [0.2, 0.25) is 0 Å². The minimum atomic E-state index is -1.60. The summed E-state index contributed by atoms with van der Waals surface area (Å²) in [5, 5.41) is 40.0. The molecule has 1 aliphatic heterocycles. The average molecular weight is 767 g/mol. The first-order chi connectivity index (χ1) is 26.3. The van der Waals surface area contributed by atoms with Crippen LogP contribution in [0.5, 0.6) is 0 Å². The monoisotopic (exact) mass is 767 g/mol. The summed E-state index contributed by atoms with van der Waals surface area (Å²) >= 11 is 0. The Balaban J connectivity index is 2.36. The first-order valence-corrected chi connectivity index (χ1v) is 21.6. The molecule has 314 valence electrons. The van der Waals surface area contributed by atoms with E-state index in [-0.39, 0.29) is 32.0 Å². The highest BCUT2D eigenvalue weighted by Crippen LogP contribution is 2.22. The van der Waals surface area contributed by atoms with Gasteiger partial charge in [0.15, 0.2) is 12.4 Å². The maximum Gasteiger partial charge on any atom is 0.306 e. The number of hydrogen-bond donors (Lipinski definition) is 4. The van der Waals surface area contributed by atoms with Gasteiger partial charge in [0, 0.05) is 12.8 Å². The van der Waals surface area contributed by atoms with E-state index in [0.717, 1.165) is 70.6 Å². The Kier molecular flexibility index (Phi) is 32.7. The molecule has 1 saturated heterocycles. The molecular formula is C44H78O10. The van der Waals surface area contributed by atoms with Crippen LogP contribution >= 0.6 is 0 Å². The minimum Gasteiger partial charge on any atom is -0.462 e. The van der Waals surface area contributed by atoms with Crippen LogP contribution < -0.4 is 0 Å². The molecule has 1 rings (SSSR count). The van der Waals surface area contributed by atoms with Crippen molar-refractivity contribution in [2.75, 3.05) is 19.8 Å². The van der Waals surface area contributed by atoms with Crippen LogP contribution in [0.3, 0.4) is 0 Å². The summed E-state index contributed by atoms with van der Waals surface area (Å²) in [5.41, 5.74) is 0. The molecule has 0 aromatic rings. The number of ether oxygens (including phenoxy) is 4. The Morgan fingerprint density at radius 1 is 0.593 bits per heavy atom. The van der Waals surface area contributed by atoms with Gasteiger partial charge >= 0.3 is 11.9 Å². The molecule has 10 heteroatoms. The first-order valence-electron chi connectivity index (χ1n) is 21.6. The number of carbonyl (C=O) groups is 2. The van der Waals surface area contributed by atoms with Crippen LogP contribution in [0, 0.1) is 0 Å². The number of allylic oxidation sites excluding steroid dienone is 6. The minimum absolute atomic E-state index is 0.212. The van der Waals surface area contributed by atoms with Crippen molar-refractivity contribution < 1.29 is 49.0 Å². The highest BCUT2D eigenvalue weighted by atomic mass is 16.7. The topological polar surface area (TPSA) is 152 Å². The number of rotatable bonds is 35. The molecule has 6 unspecified atom stereocenters. The first kappa shape index (κ1) is 49.9. The third-order valence-corrected chi connectivity index (χ3v) is 9.79. The quantitative estimate of drug-likeness (QED) is 0.0280. The lowest BCUT2D eigenvalue weighted by Crippen LogP contribution is -2.59. The van der Waals surface area contributed by atoms with E-state index in [2.05, 4.69) is 50.3 Å². The number of hydrogen-bond acceptors (Lipinski definition) is 10. The van der Waals surface area contributed by atoms with Crippen molar-refractivity contribution in [3.63, 3.8) is 0 Å². The Bertz CT molecular complexity index is 980. The van der Waals surface area contributed by atoms with Crippen molar-refractivity contribution in [3.8, 4) is 0 Å². The maximum absolute atomic E-state index is 12.7. The fourth-order valence-electron chi connectivity index (χ4n) is 6.38. The Morgan fingerprint density at radius 3 is 1.65 bits per heavy atom. The van der Waals surface area contributed by atoms with Gasteiger partial charge in [0.05, 0.1) is 13.2 Å². The summed E-state index contributed by atoms with van der Waals surface area (Å²) in [5.74, 6) is -0.824. The Hall–Kier alpha value is -2.08. The van der Waals surface area contributed by atoms with Crippen LogP contribution in [0.2, 0.25) is 0 Å². The van der Waals surface area contributed by atoms with Gasteiger partial charge in [-0.05, 0) is 44.9 Å². The van der Waals surface area contributed by atoms with Crippen LogP contribution in [0.15, 0.2) is 36.5 Å². The standard InChI is InChI=1S/C44H78O10/c1-3-5-7-9-11-13-15-17-19-21-23-25-27-29-31-33-40(47)53-37(36-52-44-43(50)42(49)41(48)38(34-45)54-44)35-51-39(46)32-30-28-26-24-22-20-18-16-14-12-10-8-6-4-2/h5,7,11,13,17,19,37-38,41-45,48-50H,3-4,6,8-10,12,14-16,18,20-36H2,1-2H3/b7-5-,13-11-,19-17-. The zero-order valence-electron chi connectivity index (χ0n) is 34.0. The highest BCUT2D eigenvalue weighted by molar-refractivity contribution is 5.70. The van der Waals surface area contributed by atoms with Gasteiger partial charge in [-0.15, -0.1) is 0 Å². The van der Waals surface area contributed by atoms with Crippen LogP contribution in [0.25, 0.3) is 0 Å². The summed E-state index contributed by atoms with van der Waals surface area (Å²) in [4.78, 5) is 25.3. The second-order valence-electron chi connectivity index (χ2n) is 14.8. The third-order valence-electron chi connectivity index (χ3n) is 9.79. The molecule has 0 aliphatic carbocycles. The SMILES string of the molecule is CC/C=C\C/C=C\C/C=C\CCCCCCCC(=O)OC(COC(=O)CCCCCCCCCCCCCCCC)COC1OC(CO)C(O)C(O)C1O. The van der Waals surface area contributed by atoms with Crippen LogP contribution in [-0.4, -0.2) is 89.0 Å². The van der Waals surface area contributed by atoms with Crippen molar-refractivity contribution in [2.45, 2.75) is 211 Å². The molecule has 0 radical (unpaired) electrons. The zero-order chi connectivity index (χ0) is 39.5. The number of aliphatic hydroxyl groups is 4. The molecule has 1 heterocycles. The lowest BCUT2D eigenvalue weighted by Gasteiger charge is -2.39. The number of aliphatic hydroxyl groups excluding tert-OH is 4. The summed E-state index contributed by atoms with van der Waals surface area (Å²) < 4.78 is 22.1. The molecule has 6 atom stereocenters. The maximum atomic E-state index is 12.7. The summed E-state index contributed by atoms with van der Waals surface area (Å²) in [6, 6.07) is 0. The Labute approximate surface area is 327 Å². The molecule has 0 spiro atoms. The van der Waals surface area contributed by atoms with Crippen LogP contribution in [0.1, 0.15) is 174 Å². The molecule has 0 aromatic heterocycles. The molecule has 0 saturated carbocycles. The fraction of sp³-hybridized carbons (Fsp3) is 0.818. The average Bonchev–Trinajstić information content (AvgIpc) is 3.17. The van der Waals surface area contributed by atoms with E-state index in [4.69, 9.17) is 18.9 Å². The lowest BCUT2D eigenvalue weighted by molar-refractivity contribution is -0.305.